The maximum atomic E-state index is 11.5. The molecule has 0 unspecified atom stereocenters. The van der Waals surface area contributed by atoms with Crippen LogP contribution in [0.1, 0.15) is 5.69 Å². The first-order valence-corrected chi connectivity index (χ1v) is 7.92. The van der Waals surface area contributed by atoms with Gasteiger partial charge in [0, 0.05) is 18.0 Å². The molecule has 106 valence electrons. The molecule has 1 N–H and O–H groups in total. The summed E-state index contributed by atoms with van der Waals surface area (Å²) in [6, 6.07) is 12.2. The van der Waals surface area contributed by atoms with E-state index >= 15 is 0 Å². The second-order valence-corrected chi connectivity index (χ2v) is 6.34. The first kappa shape index (κ1) is 14.3. The van der Waals surface area contributed by atoms with E-state index in [1.807, 2.05) is 18.2 Å². The van der Waals surface area contributed by atoms with Crippen molar-refractivity contribution in [2.24, 2.45) is 0 Å². The van der Waals surface area contributed by atoms with E-state index in [9.17, 15) is 8.42 Å². The number of nitrogens with one attached hydrogen (secondary N) is 1. The molecule has 0 saturated carbocycles. The van der Waals surface area contributed by atoms with Gasteiger partial charge in [-0.2, -0.15) is 0 Å². The van der Waals surface area contributed by atoms with Crippen molar-refractivity contribution in [3.63, 3.8) is 0 Å². The van der Waals surface area contributed by atoms with Crippen molar-refractivity contribution in [3.05, 3.63) is 48.2 Å². The molecule has 0 aliphatic rings. The van der Waals surface area contributed by atoms with E-state index in [0.717, 1.165) is 11.4 Å². The molecule has 1 heterocycles. The molecule has 20 heavy (non-hydrogen) atoms. The highest BCUT2D eigenvalue weighted by molar-refractivity contribution is 7.90. The van der Waals surface area contributed by atoms with Crippen molar-refractivity contribution in [1.82, 2.24) is 4.98 Å². The first-order chi connectivity index (χ1) is 9.49. The fourth-order valence-corrected chi connectivity index (χ4v) is 2.37. The highest BCUT2D eigenvalue weighted by Crippen LogP contribution is 2.16. The average molecular weight is 292 g/mol. The van der Waals surface area contributed by atoms with Crippen molar-refractivity contribution in [3.8, 4) is 5.88 Å². The van der Waals surface area contributed by atoms with Gasteiger partial charge in [-0.05, 0) is 24.3 Å². The number of anilines is 1. The molecule has 2 rings (SSSR count). The number of hydrogen-bond donors (Lipinski definition) is 1. The molecule has 6 heteroatoms. The van der Waals surface area contributed by atoms with Gasteiger partial charge in [-0.15, -0.1) is 0 Å². The predicted octanol–water partition coefficient (Wildman–Crippen LogP) is 2.11. The van der Waals surface area contributed by atoms with Gasteiger partial charge in [-0.1, -0.05) is 12.1 Å². The quantitative estimate of drug-likeness (QED) is 0.914. The van der Waals surface area contributed by atoms with Gasteiger partial charge < -0.3 is 10.1 Å². The zero-order valence-corrected chi connectivity index (χ0v) is 12.1. The highest BCUT2D eigenvalue weighted by Gasteiger charge is 2.07. The lowest BCUT2D eigenvalue weighted by Gasteiger charge is -2.08. The fourth-order valence-electron chi connectivity index (χ4n) is 1.70. The first-order valence-electron chi connectivity index (χ1n) is 6.03. The van der Waals surface area contributed by atoms with Gasteiger partial charge in [-0.3, -0.25) is 0 Å². The molecule has 0 amide bonds. The van der Waals surface area contributed by atoms with Crippen LogP contribution >= 0.6 is 0 Å². The lowest BCUT2D eigenvalue weighted by Crippen LogP contribution is -2.04. The van der Waals surface area contributed by atoms with Gasteiger partial charge in [0.2, 0.25) is 5.88 Å². The van der Waals surface area contributed by atoms with Crippen molar-refractivity contribution < 1.29 is 13.2 Å². The minimum Gasteiger partial charge on any atom is -0.481 e. The standard InChI is InChI=1S/C14H16N2O3S/c1-19-14-8-4-6-12(16-14)10-15-11-5-3-7-13(9-11)20(2,17)18/h3-9,15H,10H2,1-2H3. The van der Waals surface area contributed by atoms with Gasteiger partial charge in [0.25, 0.3) is 0 Å². The summed E-state index contributed by atoms with van der Waals surface area (Å²) in [6.07, 6.45) is 1.19. The van der Waals surface area contributed by atoms with E-state index in [1.54, 1.807) is 31.4 Å². The zero-order chi connectivity index (χ0) is 14.6. The Labute approximate surface area is 118 Å². The Balaban J connectivity index is 2.11. The Morgan fingerprint density at radius 1 is 1.20 bits per heavy atom. The molecule has 5 nitrogen and oxygen atoms in total. The van der Waals surface area contributed by atoms with Crippen LogP contribution in [0.3, 0.4) is 0 Å². The molecule has 0 spiro atoms. The van der Waals surface area contributed by atoms with Crippen LogP contribution in [0.25, 0.3) is 0 Å². The molecule has 2 aromatic rings. The summed E-state index contributed by atoms with van der Waals surface area (Å²) >= 11 is 0. The number of nitrogens with zero attached hydrogens (tertiary/aromatic N) is 1. The summed E-state index contributed by atoms with van der Waals surface area (Å²) in [5.74, 6) is 0.550. The van der Waals surface area contributed by atoms with E-state index in [0.29, 0.717) is 17.3 Å². The summed E-state index contributed by atoms with van der Waals surface area (Å²) in [5.41, 5.74) is 1.55. The number of methoxy groups -OCH3 is 1. The summed E-state index contributed by atoms with van der Waals surface area (Å²) in [7, 11) is -1.63. The summed E-state index contributed by atoms with van der Waals surface area (Å²) < 4.78 is 28.0. The highest BCUT2D eigenvalue weighted by atomic mass is 32.2. The molecule has 1 aromatic carbocycles. The lowest BCUT2D eigenvalue weighted by molar-refractivity contribution is 0.396. The Morgan fingerprint density at radius 3 is 2.65 bits per heavy atom. The normalized spacial score (nSPS) is 11.1. The Bertz CT molecular complexity index is 699. The van der Waals surface area contributed by atoms with Crippen molar-refractivity contribution in [2.75, 3.05) is 18.7 Å². The van der Waals surface area contributed by atoms with Crippen molar-refractivity contribution in [1.29, 1.82) is 0 Å². The summed E-state index contributed by atoms with van der Waals surface area (Å²) in [5, 5.41) is 3.14. The monoisotopic (exact) mass is 292 g/mol. The number of aromatic nitrogens is 1. The fraction of sp³-hybridized carbons (Fsp3) is 0.214. The smallest absolute Gasteiger partial charge is 0.213 e. The number of rotatable bonds is 5. The maximum Gasteiger partial charge on any atom is 0.213 e. The SMILES string of the molecule is COc1cccc(CNc2cccc(S(C)(=O)=O)c2)n1. The van der Waals surface area contributed by atoms with E-state index in [4.69, 9.17) is 4.74 Å². The number of benzene rings is 1. The third-order valence-corrected chi connectivity index (χ3v) is 3.84. The van der Waals surface area contributed by atoms with E-state index in [-0.39, 0.29) is 0 Å². The third-order valence-electron chi connectivity index (χ3n) is 2.73. The second-order valence-electron chi connectivity index (χ2n) is 4.32. The van der Waals surface area contributed by atoms with Gasteiger partial charge in [0.05, 0.1) is 24.2 Å². The summed E-state index contributed by atoms with van der Waals surface area (Å²) in [6.45, 7) is 0.490. The molecule has 1 aromatic heterocycles. The minimum absolute atomic E-state index is 0.293. The maximum absolute atomic E-state index is 11.5. The summed E-state index contributed by atoms with van der Waals surface area (Å²) in [4.78, 5) is 4.57. The van der Waals surface area contributed by atoms with E-state index < -0.39 is 9.84 Å². The van der Waals surface area contributed by atoms with Crippen LogP contribution in [-0.4, -0.2) is 26.8 Å². The van der Waals surface area contributed by atoms with Crippen LogP contribution in [0.2, 0.25) is 0 Å². The second kappa shape index (κ2) is 5.92. The molecular formula is C14H16N2O3S. The average Bonchev–Trinajstić information content (AvgIpc) is 2.45. The van der Waals surface area contributed by atoms with Crippen LogP contribution in [0.15, 0.2) is 47.4 Å². The van der Waals surface area contributed by atoms with Crippen LogP contribution in [0.5, 0.6) is 5.88 Å². The minimum atomic E-state index is -3.19. The molecule has 0 atom stereocenters. The zero-order valence-electron chi connectivity index (χ0n) is 11.3. The van der Waals surface area contributed by atoms with Crippen molar-refractivity contribution >= 4 is 15.5 Å². The molecule has 0 aliphatic carbocycles. The Kier molecular flexibility index (Phi) is 4.24. The van der Waals surface area contributed by atoms with Crippen LogP contribution in [0.4, 0.5) is 5.69 Å². The third kappa shape index (κ3) is 3.71. The van der Waals surface area contributed by atoms with Crippen molar-refractivity contribution in [2.45, 2.75) is 11.4 Å². The molecule has 0 fully saturated rings. The van der Waals surface area contributed by atoms with Crippen LogP contribution in [-0.2, 0) is 16.4 Å². The lowest BCUT2D eigenvalue weighted by atomic mass is 10.3. The predicted molar refractivity (Wildman–Crippen MR) is 77.7 cm³/mol. The number of ether oxygens (including phenoxy) is 1. The largest absolute Gasteiger partial charge is 0.481 e. The van der Waals surface area contributed by atoms with Gasteiger partial charge in [0.15, 0.2) is 9.84 Å². The molecule has 0 saturated heterocycles. The van der Waals surface area contributed by atoms with E-state index in [2.05, 4.69) is 10.3 Å². The topological polar surface area (TPSA) is 68.3 Å². The number of hydrogen-bond acceptors (Lipinski definition) is 5. The Hall–Kier alpha value is -2.08. The van der Waals surface area contributed by atoms with Crippen LogP contribution in [0, 0.1) is 0 Å². The Morgan fingerprint density at radius 2 is 1.95 bits per heavy atom. The van der Waals surface area contributed by atoms with Gasteiger partial charge >= 0.3 is 0 Å². The number of sulfone groups is 1. The van der Waals surface area contributed by atoms with Gasteiger partial charge in [0.1, 0.15) is 0 Å². The molecule has 0 bridgehead atoms. The molecule has 0 aliphatic heterocycles. The molecular weight excluding hydrogens is 276 g/mol. The molecule has 0 radical (unpaired) electrons. The number of pyridine rings is 1. The van der Waals surface area contributed by atoms with Gasteiger partial charge in [-0.25, -0.2) is 13.4 Å². The van der Waals surface area contributed by atoms with E-state index in [1.165, 1.54) is 6.26 Å². The van der Waals surface area contributed by atoms with Crippen LogP contribution < -0.4 is 10.1 Å².